The van der Waals surface area contributed by atoms with Crippen LogP contribution in [0.1, 0.15) is 5.56 Å². The molecular weight excluding hydrogens is 392 g/mol. The van der Waals surface area contributed by atoms with E-state index in [-0.39, 0.29) is 16.5 Å². The van der Waals surface area contributed by atoms with E-state index < -0.39 is 4.92 Å². The zero-order valence-electron chi connectivity index (χ0n) is 15.1. The molecule has 4 rings (SSSR count). The lowest BCUT2D eigenvalue weighted by Gasteiger charge is -2.13. The van der Waals surface area contributed by atoms with E-state index in [0.717, 1.165) is 5.56 Å². The Morgan fingerprint density at radius 2 is 1.79 bits per heavy atom. The number of hydrogen-bond donors (Lipinski definition) is 1. The minimum Gasteiger partial charge on any atom is -0.508 e. The number of aromatic hydroxyl groups is 1. The van der Waals surface area contributed by atoms with E-state index in [9.17, 15) is 15.2 Å². The van der Waals surface area contributed by atoms with Gasteiger partial charge in [-0.3, -0.25) is 15.1 Å². The smallest absolute Gasteiger partial charge is 0.280 e. The first-order chi connectivity index (χ1) is 14.0. The Bertz CT molecular complexity index is 1200. The van der Waals surface area contributed by atoms with Crippen LogP contribution in [-0.4, -0.2) is 15.0 Å². The van der Waals surface area contributed by atoms with Crippen molar-refractivity contribution in [2.45, 2.75) is 6.61 Å². The van der Waals surface area contributed by atoms with Gasteiger partial charge in [-0.15, -0.1) is 0 Å². The fourth-order valence-corrected chi connectivity index (χ4v) is 3.45. The van der Waals surface area contributed by atoms with E-state index in [4.69, 9.17) is 16.3 Å². The number of phenolic OH excluding ortho intramolecular Hbond substituents is 1. The van der Waals surface area contributed by atoms with Gasteiger partial charge in [-0.2, -0.15) is 0 Å². The molecule has 0 amide bonds. The molecule has 1 N–H and O–H groups in total. The van der Waals surface area contributed by atoms with Gasteiger partial charge in [0.25, 0.3) is 5.69 Å². The quantitative estimate of drug-likeness (QED) is 0.337. The summed E-state index contributed by atoms with van der Waals surface area (Å²) in [6.45, 7) is 0.321. The largest absolute Gasteiger partial charge is 0.508 e. The van der Waals surface area contributed by atoms with Crippen LogP contribution in [0.3, 0.4) is 0 Å². The summed E-state index contributed by atoms with van der Waals surface area (Å²) in [7, 11) is 0. The van der Waals surface area contributed by atoms with Gasteiger partial charge in [0.1, 0.15) is 18.1 Å². The number of aromatic nitrogens is 1. The van der Waals surface area contributed by atoms with E-state index in [0.29, 0.717) is 34.4 Å². The van der Waals surface area contributed by atoms with Crippen molar-refractivity contribution < 1.29 is 14.8 Å². The summed E-state index contributed by atoms with van der Waals surface area (Å²) in [5, 5.41) is 21.9. The maximum absolute atomic E-state index is 11.7. The number of benzene rings is 3. The predicted octanol–water partition coefficient (Wildman–Crippen LogP) is 5.75. The van der Waals surface area contributed by atoms with E-state index in [1.165, 1.54) is 24.4 Å². The SMILES string of the molecule is O=[N+]([O-])c1cc(Cl)c2c(OCc3ccccc3)ccnc2c1-c1ccc(O)cc1. The van der Waals surface area contributed by atoms with Crippen LogP contribution >= 0.6 is 11.6 Å². The van der Waals surface area contributed by atoms with Crippen LogP contribution < -0.4 is 4.74 Å². The molecular formula is C22H15ClN2O4. The number of phenols is 1. The Hall–Kier alpha value is -3.64. The van der Waals surface area contributed by atoms with Gasteiger partial charge in [0.15, 0.2) is 0 Å². The molecule has 0 fully saturated rings. The third-order valence-electron chi connectivity index (χ3n) is 4.50. The number of rotatable bonds is 5. The number of ether oxygens (including phenoxy) is 1. The molecule has 0 unspecified atom stereocenters. The van der Waals surface area contributed by atoms with Crippen molar-refractivity contribution in [3.8, 4) is 22.6 Å². The zero-order valence-corrected chi connectivity index (χ0v) is 15.8. The second kappa shape index (κ2) is 7.77. The fraction of sp³-hybridized carbons (Fsp3) is 0.0455. The topological polar surface area (TPSA) is 85.5 Å². The third-order valence-corrected chi connectivity index (χ3v) is 4.80. The maximum Gasteiger partial charge on any atom is 0.280 e. The molecule has 0 bridgehead atoms. The fourth-order valence-electron chi connectivity index (χ4n) is 3.16. The number of halogens is 1. The van der Waals surface area contributed by atoms with Gasteiger partial charge in [0, 0.05) is 12.3 Å². The molecule has 0 aliphatic carbocycles. The summed E-state index contributed by atoms with van der Waals surface area (Å²) >= 11 is 6.41. The number of pyridine rings is 1. The van der Waals surface area contributed by atoms with Crippen molar-refractivity contribution in [3.05, 3.63) is 93.6 Å². The molecule has 0 saturated carbocycles. The summed E-state index contributed by atoms with van der Waals surface area (Å²) in [6, 6.07) is 18.8. The number of fused-ring (bicyclic) bond motifs is 1. The lowest BCUT2D eigenvalue weighted by molar-refractivity contribution is -0.384. The molecule has 0 aliphatic heterocycles. The number of hydrogen-bond acceptors (Lipinski definition) is 5. The molecule has 144 valence electrons. The maximum atomic E-state index is 11.7. The Balaban J connectivity index is 1.89. The molecule has 3 aromatic carbocycles. The first-order valence-electron chi connectivity index (χ1n) is 8.76. The highest BCUT2D eigenvalue weighted by molar-refractivity contribution is 6.37. The third kappa shape index (κ3) is 3.70. The van der Waals surface area contributed by atoms with Crippen LogP contribution in [0.2, 0.25) is 5.02 Å². The molecule has 6 nitrogen and oxygen atoms in total. The second-order valence-electron chi connectivity index (χ2n) is 6.36. The van der Waals surface area contributed by atoms with Crippen molar-refractivity contribution in [1.29, 1.82) is 0 Å². The van der Waals surface area contributed by atoms with Gasteiger partial charge in [0.05, 0.1) is 26.4 Å². The summed E-state index contributed by atoms with van der Waals surface area (Å²) in [5.74, 6) is 0.549. The lowest BCUT2D eigenvalue weighted by atomic mass is 9.99. The molecule has 1 heterocycles. The van der Waals surface area contributed by atoms with Crippen LogP contribution in [0.4, 0.5) is 5.69 Å². The van der Waals surface area contributed by atoms with Gasteiger partial charge in [0.2, 0.25) is 0 Å². The standard InChI is InChI=1S/C22H15ClN2O4/c23-17-12-18(25(27)28)20(15-6-8-16(26)9-7-15)22-21(17)19(10-11-24-22)29-13-14-4-2-1-3-5-14/h1-12,26H,13H2. The summed E-state index contributed by atoms with van der Waals surface area (Å²) in [6.07, 6.45) is 1.53. The highest BCUT2D eigenvalue weighted by Gasteiger charge is 2.24. The van der Waals surface area contributed by atoms with Gasteiger partial charge in [-0.1, -0.05) is 54.1 Å². The van der Waals surface area contributed by atoms with Gasteiger partial charge in [-0.05, 0) is 29.3 Å². The lowest BCUT2D eigenvalue weighted by Crippen LogP contribution is -1.99. The normalized spacial score (nSPS) is 10.8. The highest BCUT2D eigenvalue weighted by atomic mass is 35.5. The molecule has 7 heteroatoms. The molecule has 4 aromatic rings. The van der Waals surface area contributed by atoms with Crippen LogP contribution in [0.5, 0.6) is 11.5 Å². The van der Waals surface area contributed by atoms with E-state index >= 15 is 0 Å². The molecule has 1 aromatic heterocycles. The van der Waals surface area contributed by atoms with Crippen molar-refractivity contribution in [3.63, 3.8) is 0 Å². The number of nitrogens with zero attached hydrogens (tertiary/aromatic N) is 2. The summed E-state index contributed by atoms with van der Waals surface area (Å²) < 4.78 is 5.96. The Labute approximate surface area is 171 Å². The Morgan fingerprint density at radius 3 is 2.48 bits per heavy atom. The molecule has 29 heavy (non-hydrogen) atoms. The van der Waals surface area contributed by atoms with Crippen molar-refractivity contribution >= 4 is 28.2 Å². The zero-order chi connectivity index (χ0) is 20.4. The first-order valence-corrected chi connectivity index (χ1v) is 9.14. The van der Waals surface area contributed by atoms with Crippen LogP contribution in [0, 0.1) is 10.1 Å². The Morgan fingerprint density at radius 1 is 1.07 bits per heavy atom. The van der Waals surface area contributed by atoms with E-state index in [2.05, 4.69) is 4.98 Å². The molecule has 0 spiro atoms. The molecule has 0 saturated heterocycles. The minimum atomic E-state index is -0.493. The van der Waals surface area contributed by atoms with Gasteiger partial charge < -0.3 is 9.84 Å². The number of nitro groups is 1. The van der Waals surface area contributed by atoms with E-state index in [1.807, 2.05) is 30.3 Å². The summed E-state index contributed by atoms with van der Waals surface area (Å²) in [5.41, 5.74) is 2.04. The minimum absolute atomic E-state index is 0.0644. The van der Waals surface area contributed by atoms with Crippen molar-refractivity contribution in [1.82, 2.24) is 4.98 Å². The number of nitro benzene ring substituents is 1. The average molecular weight is 407 g/mol. The van der Waals surface area contributed by atoms with Gasteiger partial charge >= 0.3 is 0 Å². The highest BCUT2D eigenvalue weighted by Crippen LogP contribution is 2.43. The average Bonchev–Trinajstić information content (AvgIpc) is 2.73. The second-order valence-corrected chi connectivity index (χ2v) is 6.77. The molecule has 0 atom stereocenters. The van der Waals surface area contributed by atoms with E-state index in [1.54, 1.807) is 18.2 Å². The monoisotopic (exact) mass is 406 g/mol. The van der Waals surface area contributed by atoms with Gasteiger partial charge in [-0.25, -0.2) is 0 Å². The Kier molecular flexibility index (Phi) is 5.01. The van der Waals surface area contributed by atoms with Crippen LogP contribution in [0.25, 0.3) is 22.0 Å². The predicted molar refractivity (Wildman–Crippen MR) is 111 cm³/mol. The van der Waals surface area contributed by atoms with Crippen LogP contribution in [-0.2, 0) is 6.61 Å². The first kappa shape index (κ1) is 18.7. The summed E-state index contributed by atoms with van der Waals surface area (Å²) in [4.78, 5) is 15.6. The van der Waals surface area contributed by atoms with Crippen molar-refractivity contribution in [2.24, 2.45) is 0 Å². The van der Waals surface area contributed by atoms with Crippen LogP contribution in [0.15, 0.2) is 72.9 Å². The molecule has 0 radical (unpaired) electrons. The molecule has 0 aliphatic rings. The van der Waals surface area contributed by atoms with Crippen molar-refractivity contribution in [2.75, 3.05) is 0 Å².